The van der Waals surface area contributed by atoms with Crippen LogP contribution >= 0.6 is 0 Å². The third-order valence-corrected chi connectivity index (χ3v) is 3.22. The number of methoxy groups -OCH3 is 1. The second-order valence-electron chi connectivity index (χ2n) is 4.48. The molecule has 0 aliphatic heterocycles. The van der Waals surface area contributed by atoms with E-state index < -0.39 is 0 Å². The average Bonchev–Trinajstić information content (AvgIpc) is 2.53. The molecule has 3 aromatic rings. The number of carbonyl (C=O) groups excluding carboxylic acids is 1. The molecule has 0 amide bonds. The van der Waals surface area contributed by atoms with E-state index in [0.29, 0.717) is 5.56 Å². The van der Waals surface area contributed by atoms with Gasteiger partial charge in [-0.05, 0) is 41.5 Å². The molecule has 98 valence electrons. The quantitative estimate of drug-likeness (QED) is 0.662. The zero-order chi connectivity index (χ0) is 13.9. The molecular formula is C17H13NO2. The van der Waals surface area contributed by atoms with Gasteiger partial charge in [0.2, 0.25) is 0 Å². The first-order valence-electron chi connectivity index (χ1n) is 6.31. The lowest BCUT2D eigenvalue weighted by Crippen LogP contribution is -2.00. The van der Waals surface area contributed by atoms with Crippen molar-refractivity contribution in [3.05, 3.63) is 66.4 Å². The van der Waals surface area contributed by atoms with E-state index >= 15 is 0 Å². The summed E-state index contributed by atoms with van der Waals surface area (Å²) in [4.78, 5) is 15.9. The molecule has 3 nitrogen and oxygen atoms in total. The Morgan fingerprint density at radius 2 is 1.85 bits per heavy atom. The van der Waals surface area contributed by atoms with Crippen LogP contribution in [0.4, 0.5) is 0 Å². The van der Waals surface area contributed by atoms with Crippen LogP contribution in [0.25, 0.3) is 22.0 Å². The summed E-state index contributed by atoms with van der Waals surface area (Å²) in [5.74, 6) is -0.325. The van der Waals surface area contributed by atoms with Crippen molar-refractivity contribution in [1.82, 2.24) is 4.98 Å². The number of esters is 1. The number of carbonyl (C=O) groups is 1. The summed E-state index contributed by atoms with van der Waals surface area (Å²) in [6, 6.07) is 17.4. The van der Waals surface area contributed by atoms with Gasteiger partial charge in [-0.15, -0.1) is 0 Å². The highest BCUT2D eigenvalue weighted by Gasteiger charge is 2.07. The fraction of sp³-hybridized carbons (Fsp3) is 0.0588. The lowest BCUT2D eigenvalue weighted by molar-refractivity contribution is 0.0601. The average molecular weight is 263 g/mol. The summed E-state index contributed by atoms with van der Waals surface area (Å²) < 4.78 is 4.75. The van der Waals surface area contributed by atoms with Crippen LogP contribution in [-0.4, -0.2) is 18.1 Å². The Balaban J connectivity index is 2.08. The number of nitrogens with zero attached hydrogens (tertiary/aromatic N) is 1. The summed E-state index contributed by atoms with van der Waals surface area (Å²) in [7, 11) is 1.39. The van der Waals surface area contributed by atoms with Crippen molar-refractivity contribution in [3.63, 3.8) is 0 Å². The molecule has 1 aromatic heterocycles. The van der Waals surface area contributed by atoms with Gasteiger partial charge in [0.05, 0.1) is 18.2 Å². The normalized spacial score (nSPS) is 10.4. The number of fused-ring (bicyclic) bond motifs is 1. The standard InChI is InChI=1S/C17H13NO2/c1-20-17(19)15-5-2-4-12(11-15)13-7-8-16-14(10-13)6-3-9-18-16/h2-11H,1H3. The third kappa shape index (κ3) is 2.26. The van der Waals surface area contributed by atoms with Gasteiger partial charge in [0.1, 0.15) is 0 Å². The van der Waals surface area contributed by atoms with Gasteiger partial charge in [0, 0.05) is 11.6 Å². The fourth-order valence-electron chi connectivity index (χ4n) is 2.20. The number of hydrogen-bond acceptors (Lipinski definition) is 3. The van der Waals surface area contributed by atoms with E-state index in [1.807, 2.05) is 42.5 Å². The minimum Gasteiger partial charge on any atom is -0.465 e. The molecule has 20 heavy (non-hydrogen) atoms. The Labute approximate surface area is 116 Å². The maximum atomic E-state index is 11.6. The Bertz CT molecular complexity index is 781. The largest absolute Gasteiger partial charge is 0.465 e. The molecule has 0 unspecified atom stereocenters. The van der Waals surface area contributed by atoms with Crippen molar-refractivity contribution in [2.75, 3.05) is 7.11 Å². The smallest absolute Gasteiger partial charge is 0.337 e. The number of pyridine rings is 1. The third-order valence-electron chi connectivity index (χ3n) is 3.22. The van der Waals surface area contributed by atoms with E-state index in [0.717, 1.165) is 22.0 Å². The summed E-state index contributed by atoms with van der Waals surface area (Å²) >= 11 is 0. The number of aromatic nitrogens is 1. The maximum absolute atomic E-state index is 11.6. The summed E-state index contributed by atoms with van der Waals surface area (Å²) in [5.41, 5.74) is 3.55. The van der Waals surface area contributed by atoms with Crippen LogP contribution in [0.1, 0.15) is 10.4 Å². The molecule has 0 atom stereocenters. The van der Waals surface area contributed by atoms with E-state index in [1.54, 1.807) is 12.3 Å². The first kappa shape index (κ1) is 12.4. The molecule has 0 aliphatic carbocycles. The van der Waals surface area contributed by atoms with Gasteiger partial charge >= 0.3 is 5.97 Å². The van der Waals surface area contributed by atoms with Gasteiger partial charge in [0.15, 0.2) is 0 Å². The van der Waals surface area contributed by atoms with Crippen LogP contribution in [0.5, 0.6) is 0 Å². The Morgan fingerprint density at radius 3 is 2.70 bits per heavy atom. The van der Waals surface area contributed by atoms with Crippen molar-refractivity contribution in [2.45, 2.75) is 0 Å². The van der Waals surface area contributed by atoms with Gasteiger partial charge in [-0.2, -0.15) is 0 Å². The van der Waals surface area contributed by atoms with E-state index in [4.69, 9.17) is 4.74 Å². The predicted molar refractivity (Wildman–Crippen MR) is 78.5 cm³/mol. The minimum atomic E-state index is -0.325. The number of rotatable bonds is 2. The summed E-state index contributed by atoms with van der Waals surface area (Å²) in [6.07, 6.45) is 1.78. The van der Waals surface area contributed by atoms with Crippen LogP contribution in [0.15, 0.2) is 60.8 Å². The van der Waals surface area contributed by atoms with Crippen LogP contribution in [0, 0.1) is 0 Å². The van der Waals surface area contributed by atoms with Gasteiger partial charge in [-0.3, -0.25) is 4.98 Å². The molecule has 0 saturated carbocycles. The van der Waals surface area contributed by atoms with Gasteiger partial charge in [0.25, 0.3) is 0 Å². The number of ether oxygens (including phenoxy) is 1. The topological polar surface area (TPSA) is 39.2 Å². The van der Waals surface area contributed by atoms with Gasteiger partial charge in [-0.25, -0.2) is 4.79 Å². The molecule has 0 radical (unpaired) electrons. The molecule has 3 rings (SSSR count). The first-order valence-corrected chi connectivity index (χ1v) is 6.31. The first-order chi connectivity index (χ1) is 9.78. The lowest BCUT2D eigenvalue weighted by atomic mass is 10.0. The van der Waals surface area contributed by atoms with Crippen LogP contribution < -0.4 is 0 Å². The SMILES string of the molecule is COC(=O)c1cccc(-c2ccc3ncccc3c2)c1. The highest BCUT2D eigenvalue weighted by molar-refractivity contribution is 5.91. The van der Waals surface area contributed by atoms with Gasteiger partial charge in [-0.1, -0.05) is 24.3 Å². The molecule has 0 bridgehead atoms. The van der Waals surface area contributed by atoms with Crippen molar-refractivity contribution >= 4 is 16.9 Å². The monoisotopic (exact) mass is 263 g/mol. The molecule has 0 fully saturated rings. The predicted octanol–water partition coefficient (Wildman–Crippen LogP) is 3.69. The molecule has 1 heterocycles. The van der Waals surface area contributed by atoms with Crippen molar-refractivity contribution < 1.29 is 9.53 Å². The zero-order valence-corrected chi connectivity index (χ0v) is 11.0. The second-order valence-corrected chi connectivity index (χ2v) is 4.48. The minimum absolute atomic E-state index is 0.325. The lowest BCUT2D eigenvalue weighted by Gasteiger charge is -2.05. The Hall–Kier alpha value is -2.68. The van der Waals surface area contributed by atoms with Crippen molar-refractivity contribution in [1.29, 1.82) is 0 Å². The second kappa shape index (κ2) is 5.13. The summed E-state index contributed by atoms with van der Waals surface area (Å²) in [5, 5.41) is 1.08. The molecule has 0 aliphatic rings. The van der Waals surface area contributed by atoms with Gasteiger partial charge < -0.3 is 4.74 Å². The van der Waals surface area contributed by atoms with E-state index in [1.165, 1.54) is 7.11 Å². The van der Waals surface area contributed by atoms with Crippen LogP contribution in [-0.2, 0) is 4.74 Å². The highest BCUT2D eigenvalue weighted by atomic mass is 16.5. The van der Waals surface area contributed by atoms with E-state index in [2.05, 4.69) is 11.1 Å². The van der Waals surface area contributed by atoms with E-state index in [9.17, 15) is 4.79 Å². The molecular weight excluding hydrogens is 250 g/mol. The molecule has 0 N–H and O–H groups in total. The molecule has 0 spiro atoms. The zero-order valence-electron chi connectivity index (χ0n) is 11.0. The fourth-order valence-corrected chi connectivity index (χ4v) is 2.20. The van der Waals surface area contributed by atoms with Crippen LogP contribution in [0.2, 0.25) is 0 Å². The molecule has 0 saturated heterocycles. The number of hydrogen-bond donors (Lipinski definition) is 0. The molecule has 3 heteroatoms. The molecule has 2 aromatic carbocycles. The Kier molecular flexibility index (Phi) is 3.17. The van der Waals surface area contributed by atoms with Crippen molar-refractivity contribution in [3.8, 4) is 11.1 Å². The van der Waals surface area contributed by atoms with Crippen molar-refractivity contribution in [2.24, 2.45) is 0 Å². The number of benzene rings is 2. The van der Waals surface area contributed by atoms with E-state index in [-0.39, 0.29) is 5.97 Å². The Morgan fingerprint density at radius 1 is 1.00 bits per heavy atom. The summed E-state index contributed by atoms with van der Waals surface area (Å²) in [6.45, 7) is 0. The van der Waals surface area contributed by atoms with Crippen LogP contribution in [0.3, 0.4) is 0 Å². The highest BCUT2D eigenvalue weighted by Crippen LogP contribution is 2.24. The maximum Gasteiger partial charge on any atom is 0.337 e.